The van der Waals surface area contributed by atoms with Gasteiger partial charge in [0.2, 0.25) is 6.41 Å². The van der Waals surface area contributed by atoms with Crippen LogP contribution in [-0.2, 0) is 28.6 Å². The minimum Gasteiger partial charge on any atom is -0.469 e. The van der Waals surface area contributed by atoms with Crippen LogP contribution in [0.25, 0.3) is 0 Å². The number of esters is 2. The summed E-state index contributed by atoms with van der Waals surface area (Å²) in [6.45, 7) is 2.32. The number of nitrogens with two attached hydrogens (primary N) is 1. The van der Waals surface area contributed by atoms with E-state index in [2.05, 4.69) is 34.6 Å². The monoisotopic (exact) mass is 354 g/mol. The number of allylic oxidation sites excluding steroid dienone is 2. The van der Waals surface area contributed by atoms with Crippen LogP contribution < -0.4 is 5.73 Å². The first-order valence-corrected chi connectivity index (χ1v) is 8.14. The summed E-state index contributed by atoms with van der Waals surface area (Å²) in [5.41, 5.74) is 5.46. The number of carbonyl (C=O) groups excluding carboxylic acids is 3. The molecule has 2 heterocycles. The molecule has 2 unspecified atom stereocenters. The summed E-state index contributed by atoms with van der Waals surface area (Å²) in [5, 5.41) is 0. The molecule has 0 aromatic carbocycles. The van der Waals surface area contributed by atoms with Gasteiger partial charge >= 0.3 is 11.9 Å². The summed E-state index contributed by atoms with van der Waals surface area (Å²) in [4.78, 5) is 33.1. The van der Waals surface area contributed by atoms with Crippen LogP contribution in [0.5, 0.6) is 0 Å². The second kappa shape index (κ2) is 11.2. The number of carbonyl (C=O) groups is 3. The summed E-state index contributed by atoms with van der Waals surface area (Å²) in [5.74, 6) is -0.806. The Morgan fingerprint density at radius 3 is 2.68 bits per heavy atom. The predicted molar refractivity (Wildman–Crippen MR) is 89.7 cm³/mol. The second-order valence-corrected chi connectivity index (χ2v) is 5.70. The second-order valence-electron chi connectivity index (χ2n) is 5.70. The van der Waals surface area contributed by atoms with Crippen LogP contribution in [-0.4, -0.2) is 49.3 Å². The van der Waals surface area contributed by atoms with Gasteiger partial charge in [-0.05, 0) is 26.2 Å². The van der Waals surface area contributed by atoms with E-state index in [1.807, 2.05) is 6.20 Å². The zero-order valence-electron chi connectivity index (χ0n) is 14.7. The van der Waals surface area contributed by atoms with Gasteiger partial charge in [0.05, 0.1) is 26.1 Å². The summed E-state index contributed by atoms with van der Waals surface area (Å²) in [6, 6.07) is 0. The van der Waals surface area contributed by atoms with Crippen LogP contribution in [0.1, 0.15) is 39.0 Å². The Morgan fingerprint density at radius 1 is 1.36 bits per heavy atom. The number of methoxy groups -OCH3 is 1. The van der Waals surface area contributed by atoms with Crippen molar-refractivity contribution in [3.05, 3.63) is 24.0 Å². The summed E-state index contributed by atoms with van der Waals surface area (Å²) in [7, 11) is 1.30. The first-order chi connectivity index (χ1) is 12.0. The van der Waals surface area contributed by atoms with Crippen molar-refractivity contribution in [1.29, 1.82) is 0 Å². The van der Waals surface area contributed by atoms with Gasteiger partial charge in [0, 0.05) is 12.4 Å². The molecule has 2 atom stereocenters. The summed E-state index contributed by atoms with van der Waals surface area (Å²) >= 11 is 0. The zero-order valence-corrected chi connectivity index (χ0v) is 14.7. The highest BCUT2D eigenvalue weighted by molar-refractivity contribution is 5.77. The maximum atomic E-state index is 11.5. The largest absolute Gasteiger partial charge is 0.469 e. The standard InChI is InChI=1S/C16H23NO5.CH3NO/c1-12-4-3-9-17(10-12)14-6-5-13(22-14)11-21-16(19)8-7-15(18)20-2;2-1-3/h3,9-10,13-14H,4-8,11H2,1-2H3;1H,(H2,2,3). The van der Waals surface area contributed by atoms with Crippen LogP contribution in [0.15, 0.2) is 24.0 Å². The van der Waals surface area contributed by atoms with Crippen molar-refractivity contribution in [3.63, 3.8) is 0 Å². The molecular formula is C17H26N2O6. The third kappa shape index (κ3) is 7.84. The van der Waals surface area contributed by atoms with Crippen molar-refractivity contribution in [2.75, 3.05) is 13.7 Å². The maximum Gasteiger partial charge on any atom is 0.306 e. The number of amides is 1. The highest BCUT2D eigenvalue weighted by Gasteiger charge is 2.29. The molecule has 2 rings (SSSR count). The average Bonchev–Trinajstić information content (AvgIpc) is 3.07. The topological polar surface area (TPSA) is 108 Å². The van der Waals surface area contributed by atoms with Crippen LogP contribution in [0.4, 0.5) is 0 Å². The Hall–Kier alpha value is -2.35. The fourth-order valence-corrected chi connectivity index (χ4v) is 2.48. The van der Waals surface area contributed by atoms with Crippen molar-refractivity contribution < 1.29 is 28.6 Å². The van der Waals surface area contributed by atoms with Gasteiger partial charge in [0.15, 0.2) is 0 Å². The Morgan fingerprint density at radius 2 is 2.04 bits per heavy atom. The van der Waals surface area contributed by atoms with Crippen LogP contribution in [0.2, 0.25) is 0 Å². The molecular weight excluding hydrogens is 328 g/mol. The van der Waals surface area contributed by atoms with Crippen LogP contribution in [0.3, 0.4) is 0 Å². The first-order valence-electron chi connectivity index (χ1n) is 8.14. The van der Waals surface area contributed by atoms with E-state index in [1.54, 1.807) is 0 Å². The fraction of sp³-hybridized carbons (Fsp3) is 0.588. The molecule has 2 aliphatic heterocycles. The van der Waals surface area contributed by atoms with E-state index in [1.165, 1.54) is 12.7 Å². The van der Waals surface area contributed by atoms with Gasteiger partial charge in [-0.1, -0.05) is 11.6 Å². The Labute approximate surface area is 147 Å². The molecule has 0 spiro atoms. The van der Waals surface area contributed by atoms with Gasteiger partial charge in [-0.25, -0.2) is 0 Å². The number of rotatable bonds is 6. The van der Waals surface area contributed by atoms with E-state index in [-0.39, 0.29) is 38.2 Å². The van der Waals surface area contributed by atoms with Crippen molar-refractivity contribution in [3.8, 4) is 0 Å². The molecule has 0 aliphatic carbocycles. The smallest absolute Gasteiger partial charge is 0.306 e. The highest BCUT2D eigenvalue weighted by Crippen LogP contribution is 2.26. The lowest BCUT2D eigenvalue weighted by Gasteiger charge is -2.26. The molecule has 0 radical (unpaired) electrons. The Kier molecular flexibility index (Phi) is 9.31. The molecule has 2 aliphatic rings. The van der Waals surface area contributed by atoms with Gasteiger partial charge in [-0.15, -0.1) is 0 Å². The molecule has 25 heavy (non-hydrogen) atoms. The van der Waals surface area contributed by atoms with Crippen molar-refractivity contribution in [2.24, 2.45) is 5.73 Å². The number of hydrogen-bond donors (Lipinski definition) is 1. The molecule has 1 amide bonds. The van der Waals surface area contributed by atoms with E-state index in [9.17, 15) is 9.59 Å². The van der Waals surface area contributed by atoms with Crippen molar-refractivity contribution >= 4 is 18.3 Å². The SMILES string of the molecule is COC(=O)CCC(=O)OCC1CCC(N2C=CCC(C)=C2)O1.NC=O. The van der Waals surface area contributed by atoms with E-state index < -0.39 is 11.9 Å². The van der Waals surface area contributed by atoms with Crippen LogP contribution >= 0.6 is 0 Å². The minimum absolute atomic E-state index is 0.00488. The Balaban J connectivity index is 0.000000970. The third-order valence-corrected chi connectivity index (χ3v) is 3.70. The molecule has 8 nitrogen and oxygen atoms in total. The average molecular weight is 354 g/mol. The lowest BCUT2D eigenvalue weighted by atomic mass is 10.2. The van der Waals surface area contributed by atoms with Gasteiger partial charge < -0.3 is 24.8 Å². The van der Waals surface area contributed by atoms with E-state index >= 15 is 0 Å². The van der Waals surface area contributed by atoms with Gasteiger partial charge in [-0.3, -0.25) is 14.4 Å². The van der Waals surface area contributed by atoms with E-state index in [0.29, 0.717) is 0 Å². The van der Waals surface area contributed by atoms with Gasteiger partial charge in [0.25, 0.3) is 0 Å². The number of nitrogens with zero attached hydrogens (tertiary/aromatic N) is 1. The molecule has 0 aromatic heterocycles. The summed E-state index contributed by atoms with van der Waals surface area (Å²) in [6.07, 6.45) is 9.22. The van der Waals surface area contributed by atoms with E-state index in [4.69, 9.17) is 14.3 Å². The number of hydrogen-bond acceptors (Lipinski definition) is 7. The van der Waals surface area contributed by atoms with Gasteiger partial charge in [0.1, 0.15) is 12.8 Å². The van der Waals surface area contributed by atoms with Crippen LogP contribution in [0, 0.1) is 0 Å². The zero-order chi connectivity index (χ0) is 18.7. The molecule has 1 fully saturated rings. The van der Waals surface area contributed by atoms with Crippen molar-refractivity contribution in [2.45, 2.75) is 51.4 Å². The van der Waals surface area contributed by atoms with E-state index in [0.717, 1.165) is 19.3 Å². The molecule has 140 valence electrons. The number of ether oxygens (including phenoxy) is 3. The first kappa shape index (κ1) is 20.7. The fourth-order valence-electron chi connectivity index (χ4n) is 2.48. The normalized spacial score (nSPS) is 21.7. The molecule has 0 bridgehead atoms. The molecule has 8 heteroatoms. The Bertz CT molecular complexity index is 517. The quantitative estimate of drug-likeness (QED) is 0.564. The van der Waals surface area contributed by atoms with Crippen molar-refractivity contribution in [1.82, 2.24) is 4.90 Å². The molecule has 0 saturated carbocycles. The molecule has 0 aromatic rings. The third-order valence-electron chi connectivity index (χ3n) is 3.70. The maximum absolute atomic E-state index is 11.5. The summed E-state index contributed by atoms with van der Waals surface area (Å²) < 4.78 is 15.5. The predicted octanol–water partition coefficient (Wildman–Crippen LogP) is 1.21. The lowest BCUT2D eigenvalue weighted by molar-refractivity contribution is -0.152. The minimum atomic E-state index is -0.409. The van der Waals surface area contributed by atoms with Gasteiger partial charge in [-0.2, -0.15) is 0 Å². The molecule has 1 saturated heterocycles. The lowest BCUT2D eigenvalue weighted by Crippen LogP contribution is -2.29. The molecule has 2 N–H and O–H groups in total. The highest BCUT2D eigenvalue weighted by atomic mass is 16.6. The number of primary amides is 1.